The molecule has 6 nitrogen and oxygen atoms in total. The van der Waals surface area contributed by atoms with Crippen LogP contribution in [0.25, 0.3) is 11.5 Å². The first-order valence-electron chi connectivity index (χ1n) is 4.83. The fraction of sp³-hybridized carbons (Fsp3) is 0.100. The minimum absolute atomic E-state index is 0.0696. The zero-order chi connectivity index (χ0) is 13.3. The van der Waals surface area contributed by atoms with Gasteiger partial charge in [-0.05, 0) is 12.1 Å². The van der Waals surface area contributed by atoms with Crippen LogP contribution >= 0.6 is 0 Å². The number of nitrogens with one attached hydrogen (secondary N) is 1. The van der Waals surface area contributed by atoms with Gasteiger partial charge in [-0.1, -0.05) is 5.16 Å². The average Bonchev–Trinajstić information content (AvgIpc) is 2.76. The number of rotatable bonds is 2. The molecule has 8 heteroatoms. The Kier molecular flexibility index (Phi) is 2.92. The van der Waals surface area contributed by atoms with Gasteiger partial charge in [0.1, 0.15) is 17.2 Å². The zero-order valence-corrected chi connectivity index (χ0v) is 9.20. The van der Waals surface area contributed by atoms with Crippen LogP contribution in [0.5, 0.6) is 0 Å². The van der Waals surface area contributed by atoms with Gasteiger partial charge < -0.3 is 15.6 Å². The van der Waals surface area contributed by atoms with Gasteiger partial charge in [-0.2, -0.15) is 4.98 Å². The van der Waals surface area contributed by atoms with Gasteiger partial charge in [0.25, 0.3) is 17.6 Å². The molecule has 0 spiro atoms. The topological polar surface area (TPSA) is 94.0 Å². The Morgan fingerprint density at radius 2 is 2.00 bits per heavy atom. The number of anilines is 1. The number of hydrogen-bond donors (Lipinski definition) is 2. The number of nitrogens with two attached hydrogens (primary N) is 1. The lowest BCUT2D eigenvalue weighted by molar-refractivity contribution is 0.0950. The third kappa shape index (κ3) is 1.99. The highest BCUT2D eigenvalue weighted by Crippen LogP contribution is 2.26. The van der Waals surface area contributed by atoms with E-state index in [0.717, 1.165) is 12.1 Å². The normalized spacial score (nSPS) is 10.4. The summed E-state index contributed by atoms with van der Waals surface area (Å²) in [5, 5.41) is 5.56. The molecule has 0 aliphatic carbocycles. The quantitative estimate of drug-likeness (QED) is 0.778. The van der Waals surface area contributed by atoms with Crippen molar-refractivity contribution in [2.24, 2.45) is 0 Å². The highest BCUT2D eigenvalue weighted by molar-refractivity contribution is 5.90. The van der Waals surface area contributed by atoms with Gasteiger partial charge in [-0.25, -0.2) is 8.78 Å². The predicted octanol–water partition coefficient (Wildman–Crippen LogP) is 0.957. The molecule has 18 heavy (non-hydrogen) atoms. The van der Waals surface area contributed by atoms with Crippen LogP contribution in [0.2, 0.25) is 0 Å². The summed E-state index contributed by atoms with van der Waals surface area (Å²) < 4.78 is 31.7. The second-order valence-electron chi connectivity index (χ2n) is 3.36. The van der Waals surface area contributed by atoms with E-state index in [1.54, 1.807) is 0 Å². The first-order chi connectivity index (χ1) is 8.52. The van der Waals surface area contributed by atoms with Gasteiger partial charge >= 0.3 is 0 Å². The van der Waals surface area contributed by atoms with Crippen molar-refractivity contribution in [2.75, 3.05) is 12.8 Å². The van der Waals surface area contributed by atoms with Crippen molar-refractivity contribution in [2.45, 2.75) is 0 Å². The largest absolute Gasteiger partial charge is 0.399 e. The van der Waals surface area contributed by atoms with Gasteiger partial charge in [0.15, 0.2) is 0 Å². The lowest BCUT2D eigenvalue weighted by Gasteiger charge is -2.00. The molecule has 0 bridgehead atoms. The second-order valence-corrected chi connectivity index (χ2v) is 3.36. The molecule has 0 aliphatic rings. The Bertz CT molecular complexity index is 589. The van der Waals surface area contributed by atoms with Crippen molar-refractivity contribution in [3.05, 3.63) is 29.6 Å². The molecule has 2 aromatic rings. The Hall–Kier alpha value is -2.51. The fourth-order valence-electron chi connectivity index (χ4n) is 1.33. The predicted molar refractivity (Wildman–Crippen MR) is 57.5 cm³/mol. The van der Waals surface area contributed by atoms with Gasteiger partial charge in [0.05, 0.1) is 0 Å². The summed E-state index contributed by atoms with van der Waals surface area (Å²) in [6.45, 7) is 0. The van der Waals surface area contributed by atoms with Crippen LogP contribution in [0, 0.1) is 11.6 Å². The number of nitrogens with zero attached hydrogens (tertiary/aromatic N) is 2. The second kappa shape index (κ2) is 4.40. The van der Waals surface area contributed by atoms with E-state index >= 15 is 0 Å². The van der Waals surface area contributed by atoms with E-state index < -0.39 is 29.0 Å². The molecule has 0 saturated heterocycles. The molecule has 1 amide bonds. The molecular weight excluding hydrogens is 246 g/mol. The average molecular weight is 254 g/mol. The van der Waals surface area contributed by atoms with Crippen molar-refractivity contribution in [3.63, 3.8) is 0 Å². The van der Waals surface area contributed by atoms with E-state index in [2.05, 4.69) is 20.0 Å². The molecule has 0 saturated carbocycles. The number of halogens is 2. The van der Waals surface area contributed by atoms with E-state index in [4.69, 9.17) is 5.73 Å². The number of nitrogen functional groups attached to an aromatic ring is 1. The Balaban J connectivity index is 2.49. The van der Waals surface area contributed by atoms with E-state index in [-0.39, 0.29) is 11.5 Å². The highest BCUT2D eigenvalue weighted by atomic mass is 19.1. The monoisotopic (exact) mass is 254 g/mol. The first kappa shape index (κ1) is 12.0. The van der Waals surface area contributed by atoms with Crippen LogP contribution in [0.3, 0.4) is 0 Å². The first-order valence-corrected chi connectivity index (χ1v) is 4.83. The summed E-state index contributed by atoms with van der Waals surface area (Å²) in [5.74, 6) is -3.26. The molecule has 3 N–H and O–H groups in total. The maximum atomic E-state index is 13.5. The van der Waals surface area contributed by atoms with E-state index in [1.807, 2.05) is 0 Å². The van der Waals surface area contributed by atoms with Crippen LogP contribution in [-0.4, -0.2) is 23.1 Å². The molecule has 0 atom stereocenters. The van der Waals surface area contributed by atoms with Crippen molar-refractivity contribution in [1.82, 2.24) is 15.5 Å². The van der Waals surface area contributed by atoms with E-state index in [9.17, 15) is 13.6 Å². The SMILES string of the molecule is CNC(=O)c1noc(-c2c(F)cc(N)cc2F)n1. The molecular formula is C10H8F2N4O2. The van der Waals surface area contributed by atoms with Crippen molar-refractivity contribution in [1.29, 1.82) is 0 Å². The van der Waals surface area contributed by atoms with Gasteiger partial charge in [0, 0.05) is 12.7 Å². The van der Waals surface area contributed by atoms with Crippen LogP contribution in [0.15, 0.2) is 16.7 Å². The lowest BCUT2D eigenvalue weighted by atomic mass is 10.2. The molecule has 0 aliphatic heterocycles. The summed E-state index contributed by atoms with van der Waals surface area (Å²) in [4.78, 5) is 14.8. The Morgan fingerprint density at radius 3 is 2.56 bits per heavy atom. The summed E-state index contributed by atoms with van der Waals surface area (Å²) in [6.07, 6.45) is 0. The highest BCUT2D eigenvalue weighted by Gasteiger charge is 2.21. The number of aromatic nitrogens is 2. The molecule has 1 heterocycles. The van der Waals surface area contributed by atoms with Crippen molar-refractivity contribution >= 4 is 11.6 Å². The number of hydrogen-bond acceptors (Lipinski definition) is 5. The number of benzene rings is 1. The third-order valence-electron chi connectivity index (χ3n) is 2.13. The maximum Gasteiger partial charge on any atom is 0.292 e. The van der Waals surface area contributed by atoms with Crippen LogP contribution < -0.4 is 11.1 Å². The molecule has 1 aromatic carbocycles. The third-order valence-corrected chi connectivity index (χ3v) is 2.13. The molecule has 0 radical (unpaired) electrons. The van der Waals surface area contributed by atoms with Gasteiger partial charge in [-0.3, -0.25) is 4.79 Å². The maximum absolute atomic E-state index is 13.5. The Labute approximate surface area is 99.8 Å². The van der Waals surface area contributed by atoms with Crippen molar-refractivity contribution < 1.29 is 18.1 Å². The summed E-state index contributed by atoms with van der Waals surface area (Å²) in [6, 6.07) is 1.84. The summed E-state index contributed by atoms with van der Waals surface area (Å²) in [7, 11) is 1.36. The van der Waals surface area contributed by atoms with Crippen LogP contribution in [-0.2, 0) is 0 Å². The zero-order valence-electron chi connectivity index (χ0n) is 9.20. The number of carbonyl (C=O) groups is 1. The van der Waals surface area contributed by atoms with E-state index in [0.29, 0.717) is 0 Å². The Morgan fingerprint density at radius 1 is 1.39 bits per heavy atom. The van der Waals surface area contributed by atoms with Gasteiger partial charge in [0.2, 0.25) is 0 Å². The van der Waals surface area contributed by atoms with E-state index in [1.165, 1.54) is 7.05 Å². The smallest absolute Gasteiger partial charge is 0.292 e. The minimum Gasteiger partial charge on any atom is -0.399 e. The molecule has 0 unspecified atom stereocenters. The number of carbonyl (C=O) groups excluding carboxylic acids is 1. The fourth-order valence-corrected chi connectivity index (χ4v) is 1.33. The standard InChI is InChI=1S/C10H8F2N4O2/c1-14-9(17)8-15-10(18-16-8)7-5(11)2-4(13)3-6(7)12/h2-3H,13H2,1H3,(H,14,17). The molecule has 94 valence electrons. The van der Waals surface area contributed by atoms with Crippen LogP contribution in [0.4, 0.5) is 14.5 Å². The molecule has 1 aromatic heterocycles. The minimum atomic E-state index is -0.945. The van der Waals surface area contributed by atoms with Crippen molar-refractivity contribution in [3.8, 4) is 11.5 Å². The summed E-state index contributed by atoms with van der Waals surface area (Å²) >= 11 is 0. The van der Waals surface area contributed by atoms with Crippen LogP contribution in [0.1, 0.15) is 10.6 Å². The lowest BCUT2D eigenvalue weighted by Crippen LogP contribution is -2.19. The number of amides is 1. The molecule has 0 fully saturated rings. The molecule has 2 rings (SSSR count). The van der Waals surface area contributed by atoms with Gasteiger partial charge in [-0.15, -0.1) is 0 Å². The summed E-state index contributed by atoms with van der Waals surface area (Å²) in [5.41, 5.74) is 4.68.